The van der Waals surface area contributed by atoms with Crippen molar-refractivity contribution in [2.24, 2.45) is 5.73 Å². The van der Waals surface area contributed by atoms with Crippen molar-refractivity contribution < 1.29 is 0 Å². The predicted octanol–water partition coefficient (Wildman–Crippen LogP) is -0.145. The van der Waals surface area contributed by atoms with Crippen molar-refractivity contribution in [3.63, 3.8) is 0 Å². The first-order chi connectivity index (χ1) is 8.78. The van der Waals surface area contributed by atoms with Crippen LogP contribution in [0.5, 0.6) is 0 Å². The summed E-state index contributed by atoms with van der Waals surface area (Å²) in [4.78, 5) is 11.0. The zero-order chi connectivity index (χ0) is 12.5. The Morgan fingerprint density at radius 3 is 3.06 bits per heavy atom. The lowest BCUT2D eigenvalue weighted by Gasteiger charge is -2.27. The van der Waals surface area contributed by atoms with Crippen LogP contribution in [0.25, 0.3) is 0 Å². The Labute approximate surface area is 105 Å². The average molecular weight is 245 g/mol. The molecule has 1 aliphatic rings. The van der Waals surface area contributed by atoms with Crippen molar-refractivity contribution in [1.82, 2.24) is 24.7 Å². The van der Waals surface area contributed by atoms with Crippen LogP contribution in [0.1, 0.15) is 17.1 Å². The minimum atomic E-state index is 0.473. The zero-order valence-electron chi connectivity index (χ0n) is 10.2. The fraction of sp³-hybridized carbons (Fsp3) is 0.455. The van der Waals surface area contributed by atoms with Crippen molar-refractivity contribution in [2.45, 2.75) is 26.6 Å². The fourth-order valence-electron chi connectivity index (χ4n) is 2.07. The highest BCUT2D eigenvalue weighted by molar-refractivity contribution is 5.34. The smallest absolute Gasteiger partial charge is 0.225 e. The molecule has 1 aliphatic heterocycles. The molecule has 2 aromatic heterocycles. The molecule has 0 saturated carbocycles. The molecule has 0 amide bonds. The van der Waals surface area contributed by atoms with Crippen LogP contribution in [-0.4, -0.2) is 31.3 Å². The number of aromatic nitrogens is 5. The van der Waals surface area contributed by atoms with Gasteiger partial charge in [0.15, 0.2) is 5.82 Å². The number of hydrogen-bond acceptors (Lipinski definition) is 6. The summed E-state index contributed by atoms with van der Waals surface area (Å²) in [5.74, 6) is 1.68. The Bertz CT molecular complexity index is 562. The standard InChI is InChI=1S/C11H15N7/c1-8-9(4-12)5-13-11(15-8)17-2-3-18-7-14-16-10(18)6-17/h5,7H,2-4,6,12H2,1H3. The van der Waals surface area contributed by atoms with Gasteiger partial charge in [-0.3, -0.25) is 0 Å². The van der Waals surface area contributed by atoms with E-state index in [0.717, 1.165) is 36.1 Å². The molecule has 2 aromatic rings. The summed E-state index contributed by atoms with van der Waals surface area (Å²) in [6, 6.07) is 0. The molecule has 0 aromatic carbocycles. The van der Waals surface area contributed by atoms with E-state index >= 15 is 0 Å². The van der Waals surface area contributed by atoms with Crippen molar-refractivity contribution in [2.75, 3.05) is 11.4 Å². The summed E-state index contributed by atoms with van der Waals surface area (Å²) < 4.78 is 2.05. The monoisotopic (exact) mass is 245 g/mol. The van der Waals surface area contributed by atoms with Crippen LogP contribution in [0.2, 0.25) is 0 Å². The molecule has 3 heterocycles. The van der Waals surface area contributed by atoms with E-state index in [2.05, 4.69) is 29.6 Å². The van der Waals surface area contributed by atoms with Crippen LogP contribution in [0.15, 0.2) is 12.5 Å². The van der Waals surface area contributed by atoms with Gasteiger partial charge < -0.3 is 15.2 Å². The van der Waals surface area contributed by atoms with Gasteiger partial charge in [-0.05, 0) is 6.92 Å². The van der Waals surface area contributed by atoms with Crippen molar-refractivity contribution >= 4 is 5.95 Å². The van der Waals surface area contributed by atoms with Crippen LogP contribution in [0.3, 0.4) is 0 Å². The van der Waals surface area contributed by atoms with E-state index in [-0.39, 0.29) is 0 Å². The Hall–Kier alpha value is -2.02. The van der Waals surface area contributed by atoms with Gasteiger partial charge in [-0.25, -0.2) is 9.97 Å². The first-order valence-corrected chi connectivity index (χ1v) is 5.92. The van der Waals surface area contributed by atoms with Crippen molar-refractivity contribution in [1.29, 1.82) is 0 Å². The van der Waals surface area contributed by atoms with Crippen LogP contribution < -0.4 is 10.6 Å². The lowest BCUT2D eigenvalue weighted by Crippen LogP contribution is -2.35. The molecule has 7 heteroatoms. The van der Waals surface area contributed by atoms with E-state index in [1.807, 2.05) is 6.92 Å². The van der Waals surface area contributed by atoms with Crippen molar-refractivity contribution in [3.05, 3.63) is 29.6 Å². The second-order valence-corrected chi connectivity index (χ2v) is 4.35. The normalized spacial score (nSPS) is 14.7. The molecule has 3 rings (SSSR count). The van der Waals surface area contributed by atoms with Gasteiger partial charge in [0.05, 0.1) is 6.54 Å². The summed E-state index contributed by atoms with van der Waals surface area (Å²) in [7, 11) is 0. The molecule has 0 atom stereocenters. The molecule has 7 nitrogen and oxygen atoms in total. The lowest BCUT2D eigenvalue weighted by molar-refractivity contribution is 0.550. The number of rotatable bonds is 2. The highest BCUT2D eigenvalue weighted by Gasteiger charge is 2.19. The highest BCUT2D eigenvalue weighted by atomic mass is 15.4. The van der Waals surface area contributed by atoms with Gasteiger partial charge in [0.25, 0.3) is 0 Å². The summed E-state index contributed by atoms with van der Waals surface area (Å²) in [5.41, 5.74) is 7.54. The largest absolute Gasteiger partial charge is 0.331 e. The number of fused-ring (bicyclic) bond motifs is 1. The predicted molar refractivity (Wildman–Crippen MR) is 65.7 cm³/mol. The quantitative estimate of drug-likeness (QED) is 0.792. The molecule has 0 radical (unpaired) electrons. The van der Waals surface area contributed by atoms with Crippen LogP contribution in [0.4, 0.5) is 5.95 Å². The molecule has 18 heavy (non-hydrogen) atoms. The molecule has 0 aliphatic carbocycles. The molecule has 0 unspecified atom stereocenters. The lowest BCUT2D eigenvalue weighted by atomic mass is 10.2. The Morgan fingerprint density at radius 2 is 2.28 bits per heavy atom. The van der Waals surface area contributed by atoms with Gasteiger partial charge in [-0.2, -0.15) is 0 Å². The second kappa shape index (κ2) is 4.34. The van der Waals surface area contributed by atoms with Gasteiger partial charge in [0, 0.05) is 37.1 Å². The van der Waals surface area contributed by atoms with E-state index in [4.69, 9.17) is 5.73 Å². The molecule has 94 valence electrons. The van der Waals surface area contributed by atoms with E-state index in [9.17, 15) is 0 Å². The maximum Gasteiger partial charge on any atom is 0.225 e. The minimum Gasteiger partial charge on any atom is -0.331 e. The van der Waals surface area contributed by atoms with E-state index in [1.54, 1.807) is 12.5 Å². The first-order valence-electron chi connectivity index (χ1n) is 5.92. The van der Waals surface area contributed by atoms with E-state index in [1.165, 1.54) is 0 Å². The first kappa shape index (κ1) is 11.1. The van der Waals surface area contributed by atoms with Gasteiger partial charge in [0.1, 0.15) is 6.33 Å². The zero-order valence-corrected chi connectivity index (χ0v) is 10.2. The number of aryl methyl sites for hydroxylation is 1. The molecule has 0 spiro atoms. The van der Waals surface area contributed by atoms with E-state index < -0.39 is 0 Å². The molecule has 2 N–H and O–H groups in total. The molecule has 0 fully saturated rings. The third-order valence-corrected chi connectivity index (χ3v) is 3.21. The summed E-state index contributed by atoms with van der Waals surface area (Å²) in [6.45, 7) is 4.86. The molecule has 0 saturated heterocycles. The van der Waals surface area contributed by atoms with Crippen molar-refractivity contribution in [3.8, 4) is 0 Å². The molecular weight excluding hydrogens is 230 g/mol. The van der Waals surface area contributed by atoms with E-state index in [0.29, 0.717) is 13.1 Å². The fourth-order valence-corrected chi connectivity index (χ4v) is 2.07. The van der Waals surface area contributed by atoms with Gasteiger partial charge >= 0.3 is 0 Å². The molecule has 0 bridgehead atoms. The Kier molecular flexibility index (Phi) is 2.67. The number of nitrogens with two attached hydrogens (primary N) is 1. The third kappa shape index (κ3) is 1.82. The number of anilines is 1. The van der Waals surface area contributed by atoms with Gasteiger partial charge in [0.2, 0.25) is 5.95 Å². The topological polar surface area (TPSA) is 85.8 Å². The Balaban J connectivity index is 1.86. The third-order valence-electron chi connectivity index (χ3n) is 3.21. The summed E-state index contributed by atoms with van der Waals surface area (Å²) in [6.07, 6.45) is 3.56. The average Bonchev–Trinajstić information content (AvgIpc) is 2.85. The number of hydrogen-bond donors (Lipinski definition) is 1. The SMILES string of the molecule is Cc1nc(N2CCn3cnnc3C2)ncc1CN. The molecular formula is C11H15N7. The Morgan fingerprint density at radius 1 is 1.39 bits per heavy atom. The van der Waals surface area contributed by atoms with Crippen LogP contribution in [-0.2, 0) is 19.6 Å². The summed E-state index contributed by atoms with van der Waals surface area (Å²) >= 11 is 0. The maximum atomic E-state index is 5.61. The highest BCUT2D eigenvalue weighted by Crippen LogP contribution is 2.16. The van der Waals surface area contributed by atoms with Gasteiger partial charge in [-0.1, -0.05) is 0 Å². The summed E-state index contributed by atoms with van der Waals surface area (Å²) in [5, 5.41) is 7.99. The maximum absolute atomic E-state index is 5.61. The number of nitrogens with zero attached hydrogens (tertiary/aromatic N) is 6. The minimum absolute atomic E-state index is 0.473. The second-order valence-electron chi connectivity index (χ2n) is 4.35. The van der Waals surface area contributed by atoms with Crippen LogP contribution in [0, 0.1) is 6.92 Å². The van der Waals surface area contributed by atoms with Gasteiger partial charge in [-0.15, -0.1) is 10.2 Å². The van der Waals surface area contributed by atoms with Crippen LogP contribution >= 0.6 is 0 Å².